The van der Waals surface area contributed by atoms with Crippen molar-refractivity contribution in [2.75, 3.05) is 37.8 Å². The van der Waals surface area contributed by atoms with Gasteiger partial charge in [-0.1, -0.05) is 13.8 Å². The third-order valence-electron chi connectivity index (χ3n) is 5.19. The van der Waals surface area contributed by atoms with Crippen molar-refractivity contribution >= 4 is 32.7 Å². The van der Waals surface area contributed by atoms with Gasteiger partial charge in [-0.3, -0.25) is 9.69 Å². The highest BCUT2D eigenvalue weighted by Crippen LogP contribution is 2.22. The largest absolute Gasteiger partial charge is 0.327 e. The van der Waals surface area contributed by atoms with Gasteiger partial charge in [-0.25, -0.2) is 13.4 Å². The molecule has 3 rings (SSSR count). The summed E-state index contributed by atoms with van der Waals surface area (Å²) >= 11 is 0. The molecule has 1 fully saturated rings. The Morgan fingerprint density at radius 1 is 1.21 bits per heavy atom. The summed E-state index contributed by atoms with van der Waals surface area (Å²) in [6.45, 7) is 10.0. The van der Waals surface area contributed by atoms with Gasteiger partial charge in [0.2, 0.25) is 15.9 Å². The number of amides is 1. The first-order valence-electron chi connectivity index (χ1n) is 10.1. The lowest BCUT2D eigenvalue weighted by Crippen LogP contribution is -2.48. The molecule has 0 unspecified atom stereocenters. The number of fused-ring (bicyclic) bond motifs is 1. The molecule has 2 aromatic rings. The topological polar surface area (TPSA) is 87.5 Å². The van der Waals surface area contributed by atoms with Gasteiger partial charge in [-0.05, 0) is 31.0 Å². The Morgan fingerprint density at radius 2 is 1.90 bits per heavy atom. The van der Waals surface area contributed by atoms with E-state index in [0.29, 0.717) is 45.1 Å². The van der Waals surface area contributed by atoms with E-state index in [1.807, 2.05) is 32.0 Å². The highest BCUT2D eigenvalue weighted by molar-refractivity contribution is 7.88. The van der Waals surface area contributed by atoms with Gasteiger partial charge in [0.15, 0.2) is 0 Å². The standard InChI is InChI=1S/C20H31N5O3S/c1-5-25-18-7-6-16(21-20(26)12-15(2)3)13-17(18)22-19(25)14-23-8-10-24(11-9-23)29(4,27)28/h6-7,13,15H,5,8-12,14H2,1-4H3,(H,21,26). The summed E-state index contributed by atoms with van der Waals surface area (Å²) in [7, 11) is -3.13. The molecule has 160 valence electrons. The second kappa shape index (κ2) is 8.81. The molecule has 0 bridgehead atoms. The average Bonchev–Trinajstić information content (AvgIpc) is 2.96. The first kappa shape index (κ1) is 21.7. The Morgan fingerprint density at radius 3 is 2.48 bits per heavy atom. The molecular weight excluding hydrogens is 390 g/mol. The molecule has 1 amide bonds. The molecule has 9 heteroatoms. The SMILES string of the molecule is CCn1c(CN2CCN(S(C)(=O)=O)CC2)nc2cc(NC(=O)CC(C)C)ccc21. The van der Waals surface area contributed by atoms with E-state index in [2.05, 4.69) is 21.7 Å². The third kappa shape index (κ3) is 5.34. The minimum Gasteiger partial charge on any atom is -0.327 e. The van der Waals surface area contributed by atoms with E-state index in [4.69, 9.17) is 4.98 Å². The number of aryl methyl sites for hydroxylation is 1. The summed E-state index contributed by atoms with van der Waals surface area (Å²) in [6.07, 6.45) is 1.75. The van der Waals surface area contributed by atoms with Crippen LogP contribution < -0.4 is 5.32 Å². The van der Waals surface area contributed by atoms with Crippen molar-refractivity contribution in [1.82, 2.24) is 18.8 Å². The second-order valence-corrected chi connectivity index (χ2v) is 10.0. The first-order valence-corrected chi connectivity index (χ1v) is 12.0. The van der Waals surface area contributed by atoms with Crippen LogP contribution in [0.4, 0.5) is 5.69 Å². The van der Waals surface area contributed by atoms with Crippen LogP contribution in [-0.4, -0.2) is 65.5 Å². The van der Waals surface area contributed by atoms with Crippen molar-refractivity contribution in [2.24, 2.45) is 5.92 Å². The van der Waals surface area contributed by atoms with Crippen molar-refractivity contribution in [3.05, 3.63) is 24.0 Å². The predicted molar refractivity (Wildman–Crippen MR) is 115 cm³/mol. The number of hydrogen-bond donors (Lipinski definition) is 1. The van der Waals surface area contributed by atoms with Gasteiger partial charge >= 0.3 is 0 Å². The summed E-state index contributed by atoms with van der Waals surface area (Å²) in [4.78, 5) is 19.1. The number of piperazine rings is 1. The van der Waals surface area contributed by atoms with Gasteiger partial charge in [0.1, 0.15) is 5.82 Å². The maximum Gasteiger partial charge on any atom is 0.224 e. The second-order valence-electron chi connectivity index (χ2n) is 8.06. The maximum atomic E-state index is 12.1. The summed E-state index contributed by atoms with van der Waals surface area (Å²) in [5.41, 5.74) is 2.66. The van der Waals surface area contributed by atoms with E-state index in [9.17, 15) is 13.2 Å². The Kier molecular flexibility index (Phi) is 6.60. The quantitative estimate of drug-likeness (QED) is 0.740. The number of sulfonamides is 1. The van der Waals surface area contributed by atoms with Crippen molar-refractivity contribution in [3.63, 3.8) is 0 Å². The van der Waals surface area contributed by atoms with Crippen LogP contribution in [0, 0.1) is 5.92 Å². The van der Waals surface area contributed by atoms with E-state index >= 15 is 0 Å². The molecule has 0 atom stereocenters. The van der Waals surface area contributed by atoms with E-state index in [-0.39, 0.29) is 5.91 Å². The number of nitrogens with one attached hydrogen (secondary N) is 1. The number of carbonyl (C=O) groups is 1. The monoisotopic (exact) mass is 421 g/mol. The molecule has 0 spiro atoms. The van der Waals surface area contributed by atoms with Crippen LogP contribution in [-0.2, 0) is 27.9 Å². The number of aromatic nitrogens is 2. The molecular formula is C20H31N5O3S. The van der Waals surface area contributed by atoms with Crippen LogP contribution in [0.15, 0.2) is 18.2 Å². The summed E-state index contributed by atoms with van der Waals surface area (Å²) in [6, 6.07) is 5.84. The zero-order valence-corrected chi connectivity index (χ0v) is 18.5. The first-order chi connectivity index (χ1) is 13.7. The van der Waals surface area contributed by atoms with Gasteiger partial charge in [-0.15, -0.1) is 0 Å². The third-order valence-corrected chi connectivity index (χ3v) is 6.49. The van der Waals surface area contributed by atoms with Crippen LogP contribution in [0.25, 0.3) is 11.0 Å². The molecule has 1 aromatic heterocycles. The number of hydrogen-bond acceptors (Lipinski definition) is 5. The minimum atomic E-state index is -3.13. The normalized spacial score (nSPS) is 16.6. The van der Waals surface area contributed by atoms with E-state index in [1.54, 1.807) is 0 Å². The average molecular weight is 422 g/mol. The van der Waals surface area contributed by atoms with Crippen LogP contribution in [0.5, 0.6) is 0 Å². The summed E-state index contributed by atoms with van der Waals surface area (Å²) in [5.74, 6) is 1.28. The highest BCUT2D eigenvalue weighted by Gasteiger charge is 2.24. The summed E-state index contributed by atoms with van der Waals surface area (Å²) < 4.78 is 27.1. The number of carbonyl (C=O) groups excluding carboxylic acids is 1. The maximum absolute atomic E-state index is 12.1. The van der Waals surface area contributed by atoms with Crippen molar-refractivity contribution < 1.29 is 13.2 Å². The fourth-order valence-electron chi connectivity index (χ4n) is 3.73. The van der Waals surface area contributed by atoms with E-state index in [1.165, 1.54) is 10.6 Å². The Bertz CT molecular complexity index is 975. The Hall–Kier alpha value is -1.97. The van der Waals surface area contributed by atoms with E-state index < -0.39 is 10.0 Å². The minimum absolute atomic E-state index is 0.0123. The molecule has 1 N–H and O–H groups in total. The number of nitrogens with zero attached hydrogens (tertiary/aromatic N) is 4. The Balaban J connectivity index is 1.74. The lowest BCUT2D eigenvalue weighted by molar-refractivity contribution is -0.116. The zero-order valence-electron chi connectivity index (χ0n) is 17.7. The molecule has 0 saturated carbocycles. The molecule has 2 heterocycles. The Labute approximate surface area is 172 Å². The zero-order chi connectivity index (χ0) is 21.2. The highest BCUT2D eigenvalue weighted by atomic mass is 32.2. The number of benzene rings is 1. The fraction of sp³-hybridized carbons (Fsp3) is 0.600. The van der Waals surface area contributed by atoms with Crippen LogP contribution in [0.3, 0.4) is 0 Å². The smallest absolute Gasteiger partial charge is 0.224 e. The lowest BCUT2D eigenvalue weighted by Gasteiger charge is -2.32. The number of rotatable bonds is 7. The predicted octanol–water partition coefficient (Wildman–Crippen LogP) is 2.12. The van der Waals surface area contributed by atoms with Gasteiger partial charge < -0.3 is 9.88 Å². The van der Waals surface area contributed by atoms with Gasteiger partial charge in [0.05, 0.1) is 23.8 Å². The molecule has 29 heavy (non-hydrogen) atoms. The lowest BCUT2D eigenvalue weighted by atomic mass is 10.1. The van der Waals surface area contributed by atoms with Gasteiger partial charge in [-0.2, -0.15) is 4.31 Å². The van der Waals surface area contributed by atoms with E-state index in [0.717, 1.165) is 29.1 Å². The molecule has 8 nitrogen and oxygen atoms in total. The van der Waals surface area contributed by atoms with Crippen LogP contribution >= 0.6 is 0 Å². The molecule has 0 radical (unpaired) electrons. The van der Waals surface area contributed by atoms with Gasteiger partial charge in [0, 0.05) is 44.8 Å². The fourth-order valence-corrected chi connectivity index (χ4v) is 4.56. The summed E-state index contributed by atoms with van der Waals surface area (Å²) in [5, 5.41) is 2.95. The van der Waals surface area contributed by atoms with Crippen molar-refractivity contribution in [1.29, 1.82) is 0 Å². The molecule has 1 aromatic carbocycles. The van der Waals surface area contributed by atoms with Crippen molar-refractivity contribution in [3.8, 4) is 0 Å². The molecule has 0 aliphatic carbocycles. The van der Waals surface area contributed by atoms with Crippen LogP contribution in [0.2, 0.25) is 0 Å². The molecule has 1 saturated heterocycles. The van der Waals surface area contributed by atoms with Crippen molar-refractivity contribution in [2.45, 2.75) is 40.3 Å². The van der Waals surface area contributed by atoms with Gasteiger partial charge in [0.25, 0.3) is 0 Å². The molecule has 1 aliphatic heterocycles. The van der Waals surface area contributed by atoms with Crippen LogP contribution in [0.1, 0.15) is 33.0 Å². The number of anilines is 1. The number of imidazole rings is 1. The molecule has 1 aliphatic rings.